The highest BCUT2D eigenvalue weighted by atomic mass is 32.2. The molecule has 1 aliphatic rings. The SMILES string of the molecule is Cn1cc(CCC2(CN)CCCS2)cn1. The Kier molecular flexibility index (Phi) is 3.36. The van der Waals surface area contributed by atoms with E-state index in [0.29, 0.717) is 4.75 Å². The zero-order valence-corrected chi connectivity index (χ0v) is 10.1. The second kappa shape index (κ2) is 4.58. The minimum Gasteiger partial charge on any atom is -0.329 e. The van der Waals surface area contributed by atoms with Crippen molar-refractivity contribution < 1.29 is 0 Å². The molecule has 4 heteroatoms. The van der Waals surface area contributed by atoms with E-state index < -0.39 is 0 Å². The molecule has 1 aliphatic heterocycles. The Balaban J connectivity index is 1.91. The summed E-state index contributed by atoms with van der Waals surface area (Å²) in [4.78, 5) is 0. The lowest BCUT2D eigenvalue weighted by molar-refractivity contribution is 0.527. The van der Waals surface area contributed by atoms with Crippen molar-refractivity contribution in [1.82, 2.24) is 9.78 Å². The van der Waals surface area contributed by atoms with Gasteiger partial charge in [0, 0.05) is 24.5 Å². The summed E-state index contributed by atoms with van der Waals surface area (Å²) in [5.41, 5.74) is 7.23. The first kappa shape index (κ1) is 11.0. The Bertz CT molecular complexity index is 315. The van der Waals surface area contributed by atoms with Crippen LogP contribution in [0.2, 0.25) is 0 Å². The van der Waals surface area contributed by atoms with E-state index in [1.165, 1.54) is 30.6 Å². The number of aryl methyl sites for hydroxylation is 2. The van der Waals surface area contributed by atoms with Gasteiger partial charge in [-0.1, -0.05) is 0 Å². The highest BCUT2D eigenvalue weighted by molar-refractivity contribution is 8.00. The first-order valence-electron chi connectivity index (χ1n) is 5.56. The summed E-state index contributed by atoms with van der Waals surface area (Å²) in [5.74, 6) is 1.28. The lowest BCUT2D eigenvalue weighted by Gasteiger charge is -2.25. The lowest BCUT2D eigenvalue weighted by Crippen LogP contribution is -2.32. The zero-order valence-electron chi connectivity index (χ0n) is 9.28. The molecule has 3 nitrogen and oxygen atoms in total. The molecule has 1 fully saturated rings. The number of nitrogens with two attached hydrogens (primary N) is 1. The van der Waals surface area contributed by atoms with Gasteiger partial charge in [0.15, 0.2) is 0 Å². The Morgan fingerprint density at radius 3 is 3.07 bits per heavy atom. The molecule has 2 rings (SSSR count). The number of hydrogen-bond acceptors (Lipinski definition) is 3. The van der Waals surface area contributed by atoms with E-state index in [-0.39, 0.29) is 0 Å². The number of rotatable bonds is 4. The second-order valence-corrected chi connectivity index (χ2v) is 5.92. The van der Waals surface area contributed by atoms with Crippen LogP contribution in [-0.4, -0.2) is 26.8 Å². The van der Waals surface area contributed by atoms with Gasteiger partial charge < -0.3 is 5.73 Å². The Morgan fingerprint density at radius 2 is 2.53 bits per heavy atom. The molecule has 0 aromatic carbocycles. The molecule has 2 heterocycles. The number of aromatic nitrogens is 2. The van der Waals surface area contributed by atoms with Crippen LogP contribution in [0.4, 0.5) is 0 Å². The van der Waals surface area contributed by atoms with E-state index in [9.17, 15) is 0 Å². The summed E-state index contributed by atoms with van der Waals surface area (Å²) in [5, 5.41) is 4.19. The highest BCUT2D eigenvalue weighted by Crippen LogP contribution is 2.40. The molecule has 1 atom stereocenters. The van der Waals surface area contributed by atoms with E-state index in [4.69, 9.17) is 5.73 Å². The van der Waals surface area contributed by atoms with E-state index in [0.717, 1.165) is 13.0 Å². The van der Waals surface area contributed by atoms with Gasteiger partial charge in [-0.15, -0.1) is 0 Å². The van der Waals surface area contributed by atoms with Crippen molar-refractivity contribution in [3.8, 4) is 0 Å². The molecular weight excluding hydrogens is 206 g/mol. The van der Waals surface area contributed by atoms with Gasteiger partial charge in [0.25, 0.3) is 0 Å². The molecule has 1 aromatic heterocycles. The Hall–Kier alpha value is -0.480. The third kappa shape index (κ3) is 2.55. The average molecular weight is 225 g/mol. The first-order valence-corrected chi connectivity index (χ1v) is 6.54. The molecule has 2 N–H and O–H groups in total. The predicted molar refractivity (Wildman–Crippen MR) is 65.0 cm³/mol. The van der Waals surface area contributed by atoms with Gasteiger partial charge in [0.1, 0.15) is 0 Å². The molecule has 0 radical (unpaired) electrons. The van der Waals surface area contributed by atoms with Gasteiger partial charge in [-0.2, -0.15) is 16.9 Å². The molecule has 0 bridgehead atoms. The van der Waals surface area contributed by atoms with E-state index in [1.807, 2.05) is 17.9 Å². The third-order valence-electron chi connectivity index (χ3n) is 3.18. The molecule has 0 spiro atoms. The summed E-state index contributed by atoms with van der Waals surface area (Å²) < 4.78 is 2.22. The van der Waals surface area contributed by atoms with Crippen LogP contribution < -0.4 is 5.73 Å². The first-order chi connectivity index (χ1) is 7.24. The normalized spacial score (nSPS) is 26.0. The molecular formula is C11H19N3S. The van der Waals surface area contributed by atoms with Gasteiger partial charge >= 0.3 is 0 Å². The van der Waals surface area contributed by atoms with E-state index in [1.54, 1.807) is 0 Å². The van der Waals surface area contributed by atoms with Crippen molar-refractivity contribution in [2.45, 2.75) is 30.4 Å². The van der Waals surface area contributed by atoms with Crippen molar-refractivity contribution >= 4 is 11.8 Å². The highest BCUT2D eigenvalue weighted by Gasteiger charge is 2.32. The van der Waals surface area contributed by atoms with Crippen molar-refractivity contribution in [1.29, 1.82) is 0 Å². The van der Waals surface area contributed by atoms with Gasteiger partial charge in [0.05, 0.1) is 6.20 Å². The van der Waals surface area contributed by atoms with Crippen molar-refractivity contribution in [2.24, 2.45) is 12.8 Å². The van der Waals surface area contributed by atoms with Gasteiger partial charge in [-0.25, -0.2) is 0 Å². The maximum Gasteiger partial charge on any atom is 0.0521 e. The molecule has 15 heavy (non-hydrogen) atoms. The molecule has 1 aromatic rings. The predicted octanol–water partition coefficient (Wildman–Crippen LogP) is 1.58. The fourth-order valence-electron chi connectivity index (χ4n) is 2.19. The van der Waals surface area contributed by atoms with Crippen LogP contribution in [0.3, 0.4) is 0 Å². The van der Waals surface area contributed by atoms with Crippen molar-refractivity contribution in [2.75, 3.05) is 12.3 Å². The Labute approximate surface area is 95.4 Å². The van der Waals surface area contributed by atoms with E-state index >= 15 is 0 Å². The summed E-state index contributed by atoms with van der Waals surface area (Å²) in [6, 6.07) is 0. The van der Waals surface area contributed by atoms with E-state index in [2.05, 4.69) is 23.1 Å². The minimum absolute atomic E-state index is 0.357. The molecule has 0 saturated carbocycles. The third-order valence-corrected chi connectivity index (χ3v) is 4.86. The Morgan fingerprint density at radius 1 is 1.67 bits per heavy atom. The quantitative estimate of drug-likeness (QED) is 0.846. The van der Waals surface area contributed by atoms with Crippen LogP contribution >= 0.6 is 11.8 Å². The number of hydrogen-bond donors (Lipinski definition) is 1. The maximum absolute atomic E-state index is 5.90. The van der Waals surface area contributed by atoms with Crippen LogP contribution in [0.5, 0.6) is 0 Å². The van der Waals surface area contributed by atoms with Crippen molar-refractivity contribution in [3.05, 3.63) is 18.0 Å². The summed E-state index contributed by atoms with van der Waals surface area (Å²) in [6.07, 6.45) is 8.98. The summed E-state index contributed by atoms with van der Waals surface area (Å²) >= 11 is 2.06. The molecule has 1 unspecified atom stereocenters. The largest absolute Gasteiger partial charge is 0.329 e. The monoisotopic (exact) mass is 225 g/mol. The summed E-state index contributed by atoms with van der Waals surface area (Å²) in [6.45, 7) is 0.817. The number of nitrogens with zero attached hydrogens (tertiary/aromatic N) is 2. The van der Waals surface area contributed by atoms with Crippen molar-refractivity contribution in [3.63, 3.8) is 0 Å². The molecule has 0 amide bonds. The molecule has 0 aliphatic carbocycles. The fourth-order valence-corrected chi connectivity index (χ4v) is 3.56. The summed E-state index contributed by atoms with van der Waals surface area (Å²) in [7, 11) is 1.96. The molecule has 84 valence electrons. The second-order valence-electron chi connectivity index (χ2n) is 4.36. The van der Waals surface area contributed by atoms with Crippen LogP contribution in [0.1, 0.15) is 24.8 Å². The van der Waals surface area contributed by atoms with Gasteiger partial charge in [-0.3, -0.25) is 4.68 Å². The smallest absolute Gasteiger partial charge is 0.0521 e. The van der Waals surface area contributed by atoms with Crippen LogP contribution in [0.25, 0.3) is 0 Å². The van der Waals surface area contributed by atoms with Crippen LogP contribution in [0.15, 0.2) is 12.4 Å². The van der Waals surface area contributed by atoms with Gasteiger partial charge in [0.2, 0.25) is 0 Å². The lowest BCUT2D eigenvalue weighted by atomic mass is 9.96. The average Bonchev–Trinajstić information content (AvgIpc) is 2.85. The van der Waals surface area contributed by atoms with Crippen LogP contribution in [-0.2, 0) is 13.5 Å². The molecule has 1 saturated heterocycles. The minimum atomic E-state index is 0.357. The number of thioether (sulfide) groups is 1. The maximum atomic E-state index is 5.90. The standard InChI is InChI=1S/C11H19N3S/c1-14-8-10(7-13-14)3-5-11(9-12)4-2-6-15-11/h7-8H,2-6,9,12H2,1H3. The van der Waals surface area contributed by atoms with Crippen LogP contribution in [0, 0.1) is 0 Å². The zero-order chi connectivity index (χ0) is 10.7. The topological polar surface area (TPSA) is 43.8 Å². The fraction of sp³-hybridized carbons (Fsp3) is 0.727. The van der Waals surface area contributed by atoms with Gasteiger partial charge in [-0.05, 0) is 37.0 Å².